The van der Waals surface area contributed by atoms with Crippen LogP contribution in [0.25, 0.3) is 34.2 Å². The molecule has 52 heavy (non-hydrogen) atoms. The van der Waals surface area contributed by atoms with Gasteiger partial charge < -0.3 is 0 Å². The van der Waals surface area contributed by atoms with Crippen molar-refractivity contribution in [2.24, 2.45) is 0 Å². The lowest BCUT2D eigenvalue weighted by atomic mass is 9.37. The maximum atomic E-state index is 5.25. The van der Waals surface area contributed by atoms with E-state index in [1.807, 2.05) is 0 Å². The Labute approximate surface area is 319 Å². The molecule has 0 bridgehead atoms. The van der Waals surface area contributed by atoms with E-state index in [1.165, 1.54) is 16.7 Å². The molecule has 6 heterocycles. The lowest BCUT2D eigenvalue weighted by molar-refractivity contribution is 0.590. The maximum absolute atomic E-state index is 5.25. The van der Waals surface area contributed by atoms with E-state index in [2.05, 4.69) is 135 Å². The summed E-state index contributed by atoms with van der Waals surface area (Å²) in [4.78, 5) is 31.5. The lowest BCUT2D eigenvalue weighted by Gasteiger charge is -2.35. The first-order chi connectivity index (χ1) is 24.6. The predicted octanol–water partition coefficient (Wildman–Crippen LogP) is 8.86. The number of rotatable bonds is 3. The highest BCUT2D eigenvalue weighted by Crippen LogP contribution is 2.44. The van der Waals surface area contributed by atoms with Crippen LogP contribution in [0.15, 0.2) is 103 Å². The molecule has 3 aliphatic heterocycles. The molecule has 10 heteroatoms. The average Bonchev–Trinajstić information content (AvgIpc) is 3.10. The first-order valence-electron chi connectivity index (χ1n) is 17.7. The summed E-state index contributed by atoms with van der Waals surface area (Å²) < 4.78 is 0. The third kappa shape index (κ3) is 5.69. The van der Waals surface area contributed by atoms with Gasteiger partial charge in [0, 0.05) is 16.7 Å². The van der Waals surface area contributed by atoms with Crippen molar-refractivity contribution in [2.45, 2.75) is 109 Å². The molecule has 258 valence electrons. The summed E-state index contributed by atoms with van der Waals surface area (Å²) in [5.41, 5.74) is 10.3. The SMILES string of the molecule is CC(C)(C)c1ccc(-c2nc3c4c(n2)Sc2nc(-c5ccc(C(C)(C)C)cc5)nc5c2B4c2c(nc(-c4ccc(C(C)(C)C)cc4)nc2S5)S3)cc1. The summed E-state index contributed by atoms with van der Waals surface area (Å²) in [5, 5.41) is 5.63. The van der Waals surface area contributed by atoms with Crippen LogP contribution < -0.4 is 16.4 Å². The van der Waals surface area contributed by atoms with Gasteiger partial charge in [0.2, 0.25) is 0 Å². The molecule has 0 N–H and O–H groups in total. The molecule has 0 saturated carbocycles. The quantitative estimate of drug-likeness (QED) is 0.131. The molecule has 0 unspecified atom stereocenters. The molecule has 0 saturated heterocycles. The number of aromatic nitrogens is 6. The Morgan fingerprint density at radius 3 is 0.750 bits per heavy atom. The molecule has 6 nitrogen and oxygen atoms in total. The molecule has 3 aliphatic rings. The van der Waals surface area contributed by atoms with Crippen LogP contribution in [-0.2, 0) is 16.2 Å². The zero-order valence-electron chi connectivity index (χ0n) is 30.9. The summed E-state index contributed by atoms with van der Waals surface area (Å²) >= 11 is 4.90. The van der Waals surface area contributed by atoms with Crippen molar-refractivity contribution in [3.63, 3.8) is 0 Å². The molecule has 0 fully saturated rings. The Kier molecular flexibility index (Phi) is 7.65. The van der Waals surface area contributed by atoms with Crippen molar-refractivity contribution in [2.75, 3.05) is 0 Å². The van der Waals surface area contributed by atoms with Gasteiger partial charge in [0.05, 0.1) is 0 Å². The van der Waals surface area contributed by atoms with Gasteiger partial charge in [-0.25, -0.2) is 29.9 Å². The van der Waals surface area contributed by atoms with E-state index >= 15 is 0 Å². The van der Waals surface area contributed by atoms with E-state index in [1.54, 1.807) is 35.3 Å². The minimum absolute atomic E-state index is 0.0592. The van der Waals surface area contributed by atoms with Gasteiger partial charge in [-0.15, -0.1) is 0 Å². The van der Waals surface area contributed by atoms with Gasteiger partial charge in [0.1, 0.15) is 30.2 Å². The minimum Gasteiger partial charge on any atom is -0.222 e. The third-order valence-electron chi connectivity index (χ3n) is 10.1. The summed E-state index contributed by atoms with van der Waals surface area (Å²) in [6, 6.07) is 26.1. The largest absolute Gasteiger partial charge is 0.262 e. The van der Waals surface area contributed by atoms with Crippen LogP contribution >= 0.6 is 35.3 Å². The van der Waals surface area contributed by atoms with Crippen molar-refractivity contribution in [1.29, 1.82) is 0 Å². The Morgan fingerprint density at radius 2 is 0.558 bits per heavy atom. The molecular formula is C42H39BN6S3. The molecule has 3 aromatic carbocycles. The number of benzene rings is 3. The second-order valence-corrected chi connectivity index (χ2v) is 19.9. The van der Waals surface area contributed by atoms with Crippen LogP contribution in [0.4, 0.5) is 0 Å². The standard InChI is InChI=1S/C42H39BN6S3/c1-40(2,3)25-16-10-22(11-17-25)31-44-34-28-35(45-31)51-37-30-39(49-33(47-37)24-14-20-27(21-15-24)42(7,8)9)52-38-29(43(28)30)36(50-34)46-32(48-38)23-12-18-26(19-13-23)41(4,5)6/h10-21H,1-9H3. The van der Waals surface area contributed by atoms with Gasteiger partial charge in [0.15, 0.2) is 17.5 Å². The molecule has 0 atom stereocenters. The van der Waals surface area contributed by atoms with Crippen LogP contribution in [0, 0.1) is 0 Å². The number of nitrogens with zero attached hydrogens (tertiary/aromatic N) is 6. The number of hydrogen-bond donors (Lipinski definition) is 0. The first-order valence-corrected chi connectivity index (χ1v) is 20.2. The zero-order valence-corrected chi connectivity index (χ0v) is 33.4. The topological polar surface area (TPSA) is 77.3 Å². The third-order valence-corrected chi connectivity index (χ3v) is 13.1. The van der Waals surface area contributed by atoms with E-state index < -0.39 is 0 Å². The van der Waals surface area contributed by atoms with Crippen molar-refractivity contribution in [1.82, 2.24) is 29.9 Å². The lowest BCUT2D eigenvalue weighted by Crippen LogP contribution is -2.62. The van der Waals surface area contributed by atoms with E-state index in [-0.39, 0.29) is 23.0 Å². The monoisotopic (exact) mass is 734 g/mol. The van der Waals surface area contributed by atoms with Gasteiger partial charge in [0.25, 0.3) is 6.71 Å². The molecule has 0 aliphatic carbocycles. The first kappa shape index (κ1) is 33.8. The van der Waals surface area contributed by atoms with E-state index in [0.717, 1.165) is 63.2 Å². The Balaban J connectivity index is 1.22. The van der Waals surface area contributed by atoms with Crippen LogP contribution in [0.1, 0.15) is 79.0 Å². The van der Waals surface area contributed by atoms with Crippen molar-refractivity contribution in [3.8, 4) is 34.2 Å². The van der Waals surface area contributed by atoms with Gasteiger partial charge >= 0.3 is 0 Å². The Bertz CT molecular complexity index is 2080. The summed E-state index contributed by atoms with van der Waals surface area (Å²) in [6.07, 6.45) is 0. The fourth-order valence-corrected chi connectivity index (χ4v) is 10.4. The van der Waals surface area contributed by atoms with Crippen LogP contribution in [0.3, 0.4) is 0 Å². The molecule has 3 aromatic heterocycles. The summed E-state index contributed by atoms with van der Waals surface area (Å²) in [7, 11) is 0. The molecule has 0 spiro atoms. The molecular weight excluding hydrogens is 696 g/mol. The molecule has 6 aromatic rings. The van der Waals surface area contributed by atoms with Crippen LogP contribution in [0.2, 0.25) is 0 Å². The van der Waals surface area contributed by atoms with Gasteiger partial charge in [-0.05, 0) is 49.3 Å². The van der Waals surface area contributed by atoms with Gasteiger partial charge in [-0.1, -0.05) is 170 Å². The summed E-state index contributed by atoms with van der Waals surface area (Å²) in [6.45, 7) is 20.0. The highest BCUT2D eigenvalue weighted by molar-refractivity contribution is 8.02. The smallest absolute Gasteiger partial charge is 0.222 e. The van der Waals surface area contributed by atoms with E-state index in [4.69, 9.17) is 29.9 Å². The van der Waals surface area contributed by atoms with Crippen molar-refractivity contribution >= 4 is 58.4 Å². The van der Waals surface area contributed by atoms with Crippen LogP contribution in [0.5, 0.6) is 0 Å². The molecule has 0 radical (unpaired) electrons. The van der Waals surface area contributed by atoms with Gasteiger partial charge in [-0.3, -0.25) is 0 Å². The normalized spacial score (nSPS) is 14.4. The molecule has 9 rings (SSSR count). The Morgan fingerprint density at radius 1 is 0.346 bits per heavy atom. The van der Waals surface area contributed by atoms with Crippen molar-refractivity contribution < 1.29 is 0 Å². The highest BCUT2D eigenvalue weighted by Gasteiger charge is 2.48. The van der Waals surface area contributed by atoms with Crippen LogP contribution in [-0.4, -0.2) is 36.6 Å². The van der Waals surface area contributed by atoms with Gasteiger partial charge in [-0.2, -0.15) is 0 Å². The fraction of sp³-hybridized carbons (Fsp3) is 0.286. The predicted molar refractivity (Wildman–Crippen MR) is 216 cm³/mol. The fourth-order valence-electron chi connectivity index (χ4n) is 6.95. The van der Waals surface area contributed by atoms with Crippen molar-refractivity contribution in [3.05, 3.63) is 89.5 Å². The number of hydrogen-bond acceptors (Lipinski definition) is 9. The molecule has 0 amide bonds. The second kappa shape index (κ2) is 11.8. The zero-order chi connectivity index (χ0) is 36.3. The summed E-state index contributed by atoms with van der Waals surface area (Å²) in [5.74, 6) is 2.14. The minimum atomic E-state index is -0.129. The van der Waals surface area contributed by atoms with E-state index in [0.29, 0.717) is 17.5 Å². The average molecular weight is 735 g/mol. The Hall–Kier alpha value is -3.99. The maximum Gasteiger partial charge on any atom is 0.262 e. The highest BCUT2D eigenvalue weighted by atomic mass is 32.2. The second-order valence-electron chi connectivity index (χ2n) is 16.9. The van der Waals surface area contributed by atoms with E-state index in [9.17, 15) is 0 Å².